The Labute approximate surface area is 158 Å². The molecule has 1 N–H and O–H groups in total. The average molecular weight is 380 g/mol. The minimum Gasteiger partial charge on any atom is -0.342 e. The van der Waals surface area contributed by atoms with Crippen LogP contribution in [0.15, 0.2) is 18.2 Å². The van der Waals surface area contributed by atoms with Gasteiger partial charge in [0.2, 0.25) is 11.8 Å². The maximum Gasteiger partial charge on any atom is 0.241 e. The third kappa shape index (κ3) is 5.01. The first-order chi connectivity index (χ1) is 12.9. The third-order valence-electron chi connectivity index (χ3n) is 5.34. The summed E-state index contributed by atoms with van der Waals surface area (Å²) >= 11 is 0. The molecule has 148 valence electrons. The second-order valence-electron chi connectivity index (χ2n) is 7.19. The Morgan fingerprint density at radius 3 is 2.41 bits per heavy atom. The van der Waals surface area contributed by atoms with E-state index in [9.17, 15) is 18.4 Å². The Balaban J connectivity index is 1.47. The number of hydrogen-bond acceptors (Lipinski definition) is 4. The molecular formula is C19H26F2N4O2. The largest absolute Gasteiger partial charge is 0.342 e. The molecule has 0 spiro atoms. The molecule has 0 aliphatic carbocycles. The van der Waals surface area contributed by atoms with Gasteiger partial charge in [-0.25, -0.2) is 8.78 Å². The van der Waals surface area contributed by atoms with Crippen molar-refractivity contribution in [1.29, 1.82) is 0 Å². The molecule has 1 aromatic carbocycles. The highest BCUT2D eigenvalue weighted by Gasteiger charge is 2.28. The van der Waals surface area contributed by atoms with Crippen LogP contribution in [-0.4, -0.2) is 78.4 Å². The molecule has 2 aliphatic heterocycles. The lowest BCUT2D eigenvalue weighted by atomic mass is 10.2. The van der Waals surface area contributed by atoms with E-state index in [-0.39, 0.29) is 17.5 Å². The minimum atomic E-state index is -0.665. The van der Waals surface area contributed by atoms with Crippen molar-refractivity contribution in [3.63, 3.8) is 0 Å². The number of amides is 2. The van der Waals surface area contributed by atoms with Crippen molar-refractivity contribution < 1.29 is 18.4 Å². The van der Waals surface area contributed by atoms with E-state index in [2.05, 4.69) is 10.2 Å². The van der Waals surface area contributed by atoms with E-state index in [4.69, 9.17) is 0 Å². The van der Waals surface area contributed by atoms with Gasteiger partial charge in [0.1, 0.15) is 11.6 Å². The van der Waals surface area contributed by atoms with E-state index in [0.29, 0.717) is 32.7 Å². The van der Waals surface area contributed by atoms with Crippen molar-refractivity contribution in [2.45, 2.75) is 25.8 Å². The highest BCUT2D eigenvalue weighted by Crippen LogP contribution is 2.17. The minimum absolute atomic E-state index is 0.151. The lowest BCUT2D eigenvalue weighted by Crippen LogP contribution is -2.54. The molecule has 1 aromatic rings. The molecule has 2 amide bonds. The number of likely N-dealkylation sites (tertiary alicyclic amines) is 1. The average Bonchev–Trinajstić information content (AvgIpc) is 3.19. The number of halogens is 2. The normalized spacial score (nSPS) is 19.9. The van der Waals surface area contributed by atoms with Crippen molar-refractivity contribution in [3.8, 4) is 0 Å². The van der Waals surface area contributed by atoms with Gasteiger partial charge in [-0.3, -0.25) is 19.4 Å². The summed E-state index contributed by atoms with van der Waals surface area (Å²) in [5.74, 6) is -1.47. The summed E-state index contributed by atoms with van der Waals surface area (Å²) in [6.45, 7) is 6.57. The number of benzene rings is 1. The van der Waals surface area contributed by atoms with Gasteiger partial charge in [-0.05, 0) is 31.9 Å². The Kier molecular flexibility index (Phi) is 6.38. The van der Waals surface area contributed by atoms with Crippen LogP contribution in [0.1, 0.15) is 19.8 Å². The summed E-state index contributed by atoms with van der Waals surface area (Å²) in [5.41, 5.74) is -0.151. The summed E-state index contributed by atoms with van der Waals surface area (Å²) in [4.78, 5) is 30.6. The van der Waals surface area contributed by atoms with Crippen LogP contribution < -0.4 is 5.32 Å². The van der Waals surface area contributed by atoms with E-state index in [1.807, 2.05) is 9.80 Å². The monoisotopic (exact) mass is 380 g/mol. The van der Waals surface area contributed by atoms with E-state index < -0.39 is 17.7 Å². The maximum absolute atomic E-state index is 13.7. The van der Waals surface area contributed by atoms with Gasteiger partial charge in [-0.2, -0.15) is 0 Å². The molecule has 0 saturated carbocycles. The molecule has 8 heteroatoms. The number of rotatable bonds is 5. The number of carbonyl (C=O) groups excluding carboxylic acids is 2. The lowest BCUT2D eigenvalue weighted by molar-refractivity contribution is -0.132. The fraction of sp³-hybridized carbons (Fsp3) is 0.579. The first kappa shape index (κ1) is 19.7. The summed E-state index contributed by atoms with van der Waals surface area (Å²) in [6, 6.07) is 2.51. The van der Waals surface area contributed by atoms with Gasteiger partial charge in [0.15, 0.2) is 0 Å². The van der Waals surface area contributed by atoms with Gasteiger partial charge in [0.05, 0.1) is 18.3 Å². The van der Waals surface area contributed by atoms with Crippen LogP contribution in [0.3, 0.4) is 0 Å². The van der Waals surface area contributed by atoms with E-state index >= 15 is 0 Å². The Bertz CT molecular complexity index is 686. The number of carbonyl (C=O) groups is 2. The number of nitrogens with zero attached hydrogens (tertiary/aromatic N) is 3. The first-order valence-electron chi connectivity index (χ1n) is 9.44. The van der Waals surface area contributed by atoms with Crippen molar-refractivity contribution in [1.82, 2.24) is 14.7 Å². The molecule has 2 saturated heterocycles. The molecule has 2 heterocycles. The first-order valence-corrected chi connectivity index (χ1v) is 9.44. The van der Waals surface area contributed by atoms with Crippen LogP contribution in [-0.2, 0) is 9.59 Å². The zero-order valence-corrected chi connectivity index (χ0v) is 15.6. The molecule has 2 aliphatic rings. The van der Waals surface area contributed by atoms with Crippen LogP contribution in [0.4, 0.5) is 14.5 Å². The summed E-state index contributed by atoms with van der Waals surface area (Å²) < 4.78 is 26.9. The number of anilines is 1. The number of nitrogens with one attached hydrogen (secondary N) is 1. The van der Waals surface area contributed by atoms with Gasteiger partial charge < -0.3 is 10.2 Å². The Hall–Kier alpha value is -2.06. The van der Waals surface area contributed by atoms with Crippen LogP contribution in [0.5, 0.6) is 0 Å². The van der Waals surface area contributed by atoms with Crippen LogP contribution in [0.25, 0.3) is 0 Å². The summed E-state index contributed by atoms with van der Waals surface area (Å²) in [7, 11) is 0. The summed E-state index contributed by atoms with van der Waals surface area (Å²) in [6.07, 6.45) is 2.16. The van der Waals surface area contributed by atoms with Crippen molar-refractivity contribution in [3.05, 3.63) is 29.8 Å². The third-order valence-corrected chi connectivity index (χ3v) is 5.34. The van der Waals surface area contributed by atoms with Crippen molar-refractivity contribution >= 4 is 17.5 Å². The van der Waals surface area contributed by atoms with Crippen molar-refractivity contribution in [2.24, 2.45) is 0 Å². The van der Waals surface area contributed by atoms with E-state index in [1.165, 1.54) is 0 Å². The van der Waals surface area contributed by atoms with Gasteiger partial charge in [0.25, 0.3) is 0 Å². The van der Waals surface area contributed by atoms with Crippen molar-refractivity contribution in [2.75, 3.05) is 51.1 Å². The predicted octanol–water partition coefficient (Wildman–Crippen LogP) is 1.53. The lowest BCUT2D eigenvalue weighted by Gasteiger charge is -2.37. The molecular weight excluding hydrogens is 354 g/mol. The molecule has 6 nitrogen and oxygen atoms in total. The molecule has 1 atom stereocenters. The van der Waals surface area contributed by atoms with Gasteiger partial charge in [0, 0.05) is 45.3 Å². The topological polar surface area (TPSA) is 55.9 Å². The molecule has 0 unspecified atom stereocenters. The standard InChI is InChI=1S/C19H26F2N4O2/c1-14(19(27)22-17-12-15(20)4-5-16(17)21)24-10-8-23(9-11-24)13-18(26)25-6-2-3-7-25/h4-5,12,14H,2-3,6-11,13H2,1H3,(H,22,27)/t14-/m1/s1. The molecule has 3 rings (SSSR count). The molecule has 2 fully saturated rings. The predicted molar refractivity (Wildman–Crippen MR) is 98.3 cm³/mol. The second-order valence-corrected chi connectivity index (χ2v) is 7.19. The van der Waals surface area contributed by atoms with Crippen LogP contribution >= 0.6 is 0 Å². The Morgan fingerprint density at radius 1 is 1.07 bits per heavy atom. The quantitative estimate of drug-likeness (QED) is 0.842. The van der Waals surface area contributed by atoms with E-state index in [1.54, 1.807) is 6.92 Å². The van der Waals surface area contributed by atoms with Gasteiger partial charge in [-0.15, -0.1) is 0 Å². The van der Waals surface area contributed by atoms with Crippen LogP contribution in [0.2, 0.25) is 0 Å². The maximum atomic E-state index is 13.7. The molecule has 27 heavy (non-hydrogen) atoms. The molecule has 0 aromatic heterocycles. The summed E-state index contributed by atoms with van der Waals surface area (Å²) in [5, 5.41) is 2.46. The Morgan fingerprint density at radius 2 is 1.74 bits per heavy atom. The second kappa shape index (κ2) is 8.75. The number of piperazine rings is 1. The zero-order chi connectivity index (χ0) is 19.4. The van der Waals surface area contributed by atoms with Gasteiger partial charge in [-0.1, -0.05) is 0 Å². The zero-order valence-electron chi connectivity index (χ0n) is 15.6. The van der Waals surface area contributed by atoms with Crippen LogP contribution in [0, 0.1) is 11.6 Å². The fourth-order valence-electron chi connectivity index (χ4n) is 3.56. The molecule has 0 bridgehead atoms. The SMILES string of the molecule is C[C@H](C(=O)Nc1cc(F)ccc1F)N1CCN(CC(=O)N2CCCC2)CC1. The van der Waals surface area contributed by atoms with E-state index in [0.717, 1.165) is 44.1 Å². The fourth-order valence-corrected chi connectivity index (χ4v) is 3.56. The molecule has 0 radical (unpaired) electrons. The van der Waals surface area contributed by atoms with Gasteiger partial charge >= 0.3 is 0 Å². The highest BCUT2D eigenvalue weighted by molar-refractivity contribution is 5.94. The number of hydrogen-bond donors (Lipinski definition) is 1. The smallest absolute Gasteiger partial charge is 0.241 e. The highest BCUT2D eigenvalue weighted by atomic mass is 19.1.